The van der Waals surface area contributed by atoms with E-state index < -0.39 is 0 Å². The lowest BCUT2D eigenvalue weighted by Gasteiger charge is -2.05. The lowest BCUT2D eigenvalue weighted by molar-refractivity contribution is 0.567. The third-order valence-electron chi connectivity index (χ3n) is 1.62. The van der Waals surface area contributed by atoms with Crippen LogP contribution in [0.1, 0.15) is 39.5 Å². The van der Waals surface area contributed by atoms with E-state index in [0.717, 1.165) is 6.42 Å². The zero-order chi connectivity index (χ0) is 7.11. The van der Waals surface area contributed by atoms with Crippen LogP contribution in [-0.4, -0.2) is 12.8 Å². The fraction of sp³-hybridized carbons (Fsp3) is 0.875. The van der Waals surface area contributed by atoms with E-state index in [-0.39, 0.29) is 0 Å². The van der Waals surface area contributed by atoms with Crippen molar-refractivity contribution in [1.29, 1.82) is 0 Å². The van der Waals surface area contributed by atoms with Gasteiger partial charge in [0.2, 0.25) is 0 Å². The largest absolute Gasteiger partial charge is 0.298 e. The summed E-state index contributed by atoms with van der Waals surface area (Å²) in [5.41, 5.74) is 0. The Hall–Kier alpha value is -0.330. The topological polar surface area (TPSA) is 12.4 Å². The van der Waals surface area contributed by atoms with Crippen LogP contribution in [0.5, 0.6) is 0 Å². The molecule has 54 valence electrons. The molecule has 0 radical (unpaired) electrons. The summed E-state index contributed by atoms with van der Waals surface area (Å²) >= 11 is 0. The van der Waals surface area contributed by atoms with Crippen LogP contribution in [0.3, 0.4) is 0 Å². The van der Waals surface area contributed by atoms with Crippen LogP contribution in [0.25, 0.3) is 0 Å². The lowest BCUT2D eigenvalue weighted by atomic mass is 10.1. The Bertz CT molecular complexity index is 69.0. The van der Waals surface area contributed by atoms with Crippen LogP contribution in [0, 0.1) is 0 Å². The fourth-order valence-electron chi connectivity index (χ4n) is 0.864. The Balaban J connectivity index is 3.20. The molecule has 1 atom stereocenters. The van der Waals surface area contributed by atoms with Gasteiger partial charge in [-0.15, -0.1) is 0 Å². The number of hydrogen-bond acceptors (Lipinski definition) is 1. The molecule has 0 saturated carbocycles. The van der Waals surface area contributed by atoms with Crippen molar-refractivity contribution in [2.45, 2.75) is 45.6 Å². The maximum Gasteiger partial charge on any atom is 0.0489 e. The molecule has 0 aliphatic carbocycles. The van der Waals surface area contributed by atoms with Crippen molar-refractivity contribution < 1.29 is 0 Å². The third-order valence-corrected chi connectivity index (χ3v) is 1.62. The summed E-state index contributed by atoms with van der Waals surface area (Å²) in [7, 11) is 0. The quantitative estimate of drug-likeness (QED) is 0.503. The third kappa shape index (κ3) is 4.19. The Labute approximate surface area is 58.2 Å². The van der Waals surface area contributed by atoms with Crippen LogP contribution in [0.2, 0.25) is 0 Å². The Morgan fingerprint density at radius 3 is 2.44 bits per heavy atom. The Morgan fingerprint density at radius 2 is 2.11 bits per heavy atom. The van der Waals surface area contributed by atoms with Gasteiger partial charge in [-0.25, -0.2) is 0 Å². The highest BCUT2D eigenvalue weighted by Crippen LogP contribution is 2.06. The van der Waals surface area contributed by atoms with Crippen molar-refractivity contribution in [2.75, 3.05) is 0 Å². The molecule has 0 aromatic heterocycles. The van der Waals surface area contributed by atoms with Gasteiger partial charge in [-0.3, -0.25) is 4.99 Å². The highest BCUT2D eigenvalue weighted by atomic mass is 14.7. The highest BCUT2D eigenvalue weighted by molar-refractivity contribution is 5.24. The second kappa shape index (κ2) is 5.80. The summed E-state index contributed by atoms with van der Waals surface area (Å²) in [6, 6.07) is 0.518. The molecular formula is C8H17N. The SMILES string of the molecule is C=NC(CC)CCCC. The minimum absolute atomic E-state index is 0.518. The molecule has 0 aliphatic rings. The predicted molar refractivity (Wildman–Crippen MR) is 43.2 cm³/mol. The van der Waals surface area contributed by atoms with Crippen molar-refractivity contribution in [1.82, 2.24) is 0 Å². The zero-order valence-electron chi connectivity index (χ0n) is 6.56. The van der Waals surface area contributed by atoms with E-state index in [9.17, 15) is 0 Å². The molecule has 0 fully saturated rings. The molecule has 1 unspecified atom stereocenters. The minimum atomic E-state index is 0.518. The summed E-state index contributed by atoms with van der Waals surface area (Å²) < 4.78 is 0. The smallest absolute Gasteiger partial charge is 0.0489 e. The first kappa shape index (κ1) is 8.67. The summed E-state index contributed by atoms with van der Waals surface area (Å²) in [4.78, 5) is 3.99. The highest BCUT2D eigenvalue weighted by Gasteiger charge is 1.98. The van der Waals surface area contributed by atoms with Gasteiger partial charge in [-0.2, -0.15) is 0 Å². The summed E-state index contributed by atoms with van der Waals surface area (Å²) in [6.07, 6.45) is 4.92. The molecule has 0 saturated heterocycles. The van der Waals surface area contributed by atoms with Gasteiger partial charge < -0.3 is 0 Å². The van der Waals surface area contributed by atoms with E-state index in [0.29, 0.717) is 6.04 Å². The van der Waals surface area contributed by atoms with E-state index >= 15 is 0 Å². The van der Waals surface area contributed by atoms with E-state index in [1.807, 2.05) is 0 Å². The predicted octanol–water partition coefficient (Wildman–Crippen LogP) is 2.66. The molecule has 0 spiro atoms. The number of rotatable bonds is 5. The van der Waals surface area contributed by atoms with Gasteiger partial charge in [0.25, 0.3) is 0 Å². The molecule has 1 nitrogen and oxygen atoms in total. The van der Waals surface area contributed by atoms with Gasteiger partial charge in [0.1, 0.15) is 0 Å². The van der Waals surface area contributed by atoms with Crippen LogP contribution >= 0.6 is 0 Å². The van der Waals surface area contributed by atoms with Crippen molar-refractivity contribution in [2.24, 2.45) is 4.99 Å². The molecular weight excluding hydrogens is 110 g/mol. The standard InChI is InChI=1S/C8H17N/c1-4-6-7-8(5-2)9-3/h8H,3-7H2,1-2H3. The lowest BCUT2D eigenvalue weighted by Crippen LogP contribution is -2.00. The van der Waals surface area contributed by atoms with E-state index in [2.05, 4.69) is 25.6 Å². The first-order valence-electron chi connectivity index (χ1n) is 3.81. The first-order chi connectivity index (χ1) is 4.35. The average Bonchev–Trinajstić information content (AvgIpc) is 1.91. The number of unbranched alkanes of at least 4 members (excludes halogenated alkanes) is 1. The second-order valence-electron chi connectivity index (χ2n) is 2.39. The number of nitrogens with zero attached hydrogens (tertiary/aromatic N) is 1. The van der Waals surface area contributed by atoms with Gasteiger partial charge in [-0.05, 0) is 19.6 Å². The fourth-order valence-corrected chi connectivity index (χ4v) is 0.864. The van der Waals surface area contributed by atoms with Gasteiger partial charge in [0.05, 0.1) is 0 Å². The molecule has 0 aliphatic heterocycles. The van der Waals surface area contributed by atoms with Crippen LogP contribution in [0.15, 0.2) is 4.99 Å². The van der Waals surface area contributed by atoms with Gasteiger partial charge >= 0.3 is 0 Å². The Kier molecular flexibility index (Phi) is 5.59. The molecule has 0 bridgehead atoms. The summed E-state index contributed by atoms with van der Waals surface area (Å²) in [5.74, 6) is 0. The molecule has 0 aromatic rings. The van der Waals surface area contributed by atoms with Crippen molar-refractivity contribution >= 4 is 6.72 Å². The molecule has 0 aromatic carbocycles. The van der Waals surface area contributed by atoms with Crippen molar-refractivity contribution in [3.8, 4) is 0 Å². The van der Waals surface area contributed by atoms with Crippen LogP contribution < -0.4 is 0 Å². The van der Waals surface area contributed by atoms with E-state index in [4.69, 9.17) is 0 Å². The molecule has 0 rings (SSSR count). The molecule has 0 amide bonds. The van der Waals surface area contributed by atoms with E-state index in [1.165, 1.54) is 19.3 Å². The molecule has 0 N–H and O–H groups in total. The monoisotopic (exact) mass is 127 g/mol. The van der Waals surface area contributed by atoms with Gasteiger partial charge in [-0.1, -0.05) is 26.7 Å². The Morgan fingerprint density at radius 1 is 1.44 bits per heavy atom. The second-order valence-corrected chi connectivity index (χ2v) is 2.39. The molecule has 0 heterocycles. The van der Waals surface area contributed by atoms with Crippen LogP contribution in [-0.2, 0) is 0 Å². The molecule has 9 heavy (non-hydrogen) atoms. The van der Waals surface area contributed by atoms with Crippen molar-refractivity contribution in [3.63, 3.8) is 0 Å². The maximum absolute atomic E-state index is 3.99. The number of hydrogen-bond donors (Lipinski definition) is 0. The van der Waals surface area contributed by atoms with Crippen LogP contribution in [0.4, 0.5) is 0 Å². The van der Waals surface area contributed by atoms with Gasteiger partial charge in [0, 0.05) is 6.04 Å². The minimum Gasteiger partial charge on any atom is -0.298 e. The average molecular weight is 127 g/mol. The summed E-state index contributed by atoms with van der Waals surface area (Å²) in [5, 5.41) is 0. The van der Waals surface area contributed by atoms with Crippen molar-refractivity contribution in [3.05, 3.63) is 0 Å². The molecule has 1 heteroatoms. The van der Waals surface area contributed by atoms with Gasteiger partial charge in [0.15, 0.2) is 0 Å². The normalized spacial score (nSPS) is 13.1. The number of aliphatic imine (C=N–C) groups is 1. The zero-order valence-corrected chi connectivity index (χ0v) is 6.56. The summed E-state index contributed by atoms with van der Waals surface area (Å²) in [6.45, 7) is 7.90. The maximum atomic E-state index is 3.99. The van der Waals surface area contributed by atoms with E-state index in [1.54, 1.807) is 0 Å². The first-order valence-corrected chi connectivity index (χ1v) is 3.81.